The van der Waals surface area contributed by atoms with Crippen LogP contribution in [0.1, 0.15) is 24.0 Å². The van der Waals surface area contributed by atoms with E-state index < -0.39 is 5.92 Å². The first-order chi connectivity index (χ1) is 13.5. The Balaban J connectivity index is 1.59. The highest BCUT2D eigenvalue weighted by Gasteiger charge is 2.16. The van der Waals surface area contributed by atoms with Crippen molar-refractivity contribution in [1.82, 2.24) is 10.9 Å². The minimum atomic E-state index is -0.447. The average Bonchev–Trinajstić information content (AvgIpc) is 2.72. The second-order valence-electron chi connectivity index (χ2n) is 6.53. The summed E-state index contributed by atoms with van der Waals surface area (Å²) in [5.74, 6) is -0.731. The lowest BCUT2D eigenvalue weighted by molar-refractivity contribution is -0.129. The lowest BCUT2D eigenvalue weighted by atomic mass is 9.97. The van der Waals surface area contributed by atoms with E-state index in [0.717, 1.165) is 22.1 Å². The van der Waals surface area contributed by atoms with Crippen LogP contribution in [0.15, 0.2) is 60.7 Å². The summed E-state index contributed by atoms with van der Waals surface area (Å²) in [6.07, 6.45) is 0.0484. The maximum atomic E-state index is 12.9. The van der Waals surface area contributed by atoms with Crippen molar-refractivity contribution >= 4 is 22.6 Å². The van der Waals surface area contributed by atoms with E-state index in [1.54, 1.807) is 14.0 Å². The van der Waals surface area contributed by atoms with Gasteiger partial charge in [0.15, 0.2) is 0 Å². The molecule has 1 unspecified atom stereocenters. The van der Waals surface area contributed by atoms with Crippen molar-refractivity contribution in [3.05, 3.63) is 77.6 Å². The molecule has 1 atom stereocenters. The molecule has 0 heterocycles. The van der Waals surface area contributed by atoms with Gasteiger partial charge in [-0.3, -0.25) is 20.4 Å². The zero-order valence-electron chi connectivity index (χ0n) is 15.7. The molecule has 0 bridgehead atoms. The first kappa shape index (κ1) is 19.4. The molecule has 0 saturated heterocycles. The molecule has 5 nitrogen and oxygen atoms in total. The largest absolute Gasteiger partial charge is 0.497 e. The van der Waals surface area contributed by atoms with E-state index in [2.05, 4.69) is 10.9 Å². The van der Waals surface area contributed by atoms with Crippen LogP contribution in [0.2, 0.25) is 0 Å². The van der Waals surface area contributed by atoms with E-state index in [0.29, 0.717) is 5.56 Å². The van der Waals surface area contributed by atoms with Gasteiger partial charge in [-0.05, 0) is 53.1 Å². The van der Waals surface area contributed by atoms with Gasteiger partial charge in [0.05, 0.1) is 19.4 Å². The lowest BCUT2D eigenvalue weighted by Crippen LogP contribution is -2.44. The van der Waals surface area contributed by atoms with Gasteiger partial charge in [0.2, 0.25) is 11.8 Å². The number of rotatable bonds is 5. The molecule has 28 heavy (non-hydrogen) atoms. The van der Waals surface area contributed by atoms with Crippen molar-refractivity contribution in [2.45, 2.75) is 19.3 Å². The number of fused-ring (bicyclic) bond motifs is 1. The second-order valence-corrected chi connectivity index (χ2v) is 6.53. The predicted octanol–water partition coefficient (Wildman–Crippen LogP) is 3.48. The molecule has 144 valence electrons. The number of hydrogen-bond acceptors (Lipinski definition) is 3. The molecular weight excluding hydrogens is 359 g/mol. The van der Waals surface area contributed by atoms with Crippen LogP contribution in [0.3, 0.4) is 0 Å². The number of benzene rings is 3. The van der Waals surface area contributed by atoms with Crippen LogP contribution in [-0.4, -0.2) is 18.9 Å². The van der Waals surface area contributed by atoms with Gasteiger partial charge in [-0.1, -0.05) is 36.4 Å². The third-order valence-electron chi connectivity index (χ3n) is 4.57. The number of hydrazine groups is 1. The van der Waals surface area contributed by atoms with Gasteiger partial charge in [0, 0.05) is 0 Å². The lowest BCUT2D eigenvalue weighted by Gasteiger charge is -2.14. The Hall–Kier alpha value is -3.41. The molecule has 2 amide bonds. The van der Waals surface area contributed by atoms with E-state index in [4.69, 9.17) is 4.74 Å². The second kappa shape index (κ2) is 8.52. The highest BCUT2D eigenvalue weighted by molar-refractivity contribution is 5.89. The molecule has 0 radical (unpaired) electrons. The van der Waals surface area contributed by atoms with Crippen LogP contribution in [0.4, 0.5) is 4.39 Å². The molecule has 0 saturated carbocycles. The normalized spacial score (nSPS) is 11.7. The molecule has 0 fully saturated rings. The molecule has 0 aliphatic heterocycles. The SMILES string of the molecule is COc1ccc2cc(C(C)C(=O)NNC(=O)Cc3ccc(F)cc3)ccc2c1. The molecule has 0 aliphatic carbocycles. The number of carbonyl (C=O) groups is 2. The Labute approximate surface area is 162 Å². The summed E-state index contributed by atoms with van der Waals surface area (Å²) in [7, 11) is 1.62. The molecule has 2 N–H and O–H groups in total. The molecule has 3 aromatic carbocycles. The number of methoxy groups -OCH3 is 1. The maximum Gasteiger partial charge on any atom is 0.245 e. The van der Waals surface area contributed by atoms with Crippen LogP contribution in [0, 0.1) is 5.82 Å². The van der Waals surface area contributed by atoms with Crippen LogP contribution in [0.5, 0.6) is 5.75 Å². The zero-order valence-corrected chi connectivity index (χ0v) is 15.7. The van der Waals surface area contributed by atoms with Gasteiger partial charge >= 0.3 is 0 Å². The fourth-order valence-corrected chi connectivity index (χ4v) is 2.86. The number of carbonyl (C=O) groups excluding carboxylic acids is 2. The Morgan fingerprint density at radius 2 is 1.64 bits per heavy atom. The fourth-order valence-electron chi connectivity index (χ4n) is 2.86. The quantitative estimate of drug-likeness (QED) is 0.666. The van der Waals surface area contributed by atoms with Gasteiger partial charge in [-0.15, -0.1) is 0 Å². The van der Waals surface area contributed by atoms with E-state index in [9.17, 15) is 14.0 Å². The first-order valence-corrected chi connectivity index (χ1v) is 8.87. The van der Waals surface area contributed by atoms with Crippen LogP contribution < -0.4 is 15.6 Å². The highest BCUT2D eigenvalue weighted by atomic mass is 19.1. The van der Waals surface area contributed by atoms with Gasteiger partial charge in [0.1, 0.15) is 11.6 Å². The Bertz CT molecular complexity index is 1000. The van der Waals surface area contributed by atoms with Crippen LogP contribution >= 0.6 is 0 Å². The van der Waals surface area contributed by atoms with E-state index >= 15 is 0 Å². The number of halogens is 1. The molecular formula is C22H21FN2O3. The summed E-state index contributed by atoms with van der Waals surface area (Å²) in [5, 5.41) is 2.02. The minimum absolute atomic E-state index is 0.0484. The monoisotopic (exact) mass is 380 g/mol. The zero-order chi connectivity index (χ0) is 20.1. The molecule has 0 aromatic heterocycles. The van der Waals surface area contributed by atoms with Crippen molar-refractivity contribution in [2.24, 2.45) is 0 Å². The van der Waals surface area contributed by atoms with E-state index in [-0.39, 0.29) is 24.1 Å². The van der Waals surface area contributed by atoms with Crippen LogP contribution in [0.25, 0.3) is 10.8 Å². The third-order valence-corrected chi connectivity index (χ3v) is 4.57. The molecule has 6 heteroatoms. The van der Waals surface area contributed by atoms with E-state index in [1.807, 2.05) is 36.4 Å². The van der Waals surface area contributed by atoms with Gasteiger partial charge < -0.3 is 4.74 Å². The highest BCUT2D eigenvalue weighted by Crippen LogP contribution is 2.25. The number of hydrogen-bond donors (Lipinski definition) is 2. The number of amides is 2. The Morgan fingerprint density at radius 1 is 0.964 bits per heavy atom. The smallest absolute Gasteiger partial charge is 0.245 e. The summed E-state index contributed by atoms with van der Waals surface area (Å²) in [5.41, 5.74) is 6.34. The van der Waals surface area contributed by atoms with Crippen molar-refractivity contribution in [3.63, 3.8) is 0 Å². The standard InChI is InChI=1S/C22H21FN2O3/c1-14(16-5-6-18-13-20(28-2)10-7-17(18)12-16)22(27)25-24-21(26)11-15-3-8-19(23)9-4-15/h3-10,12-14H,11H2,1-2H3,(H,24,26)(H,25,27). The summed E-state index contributed by atoms with van der Waals surface area (Å²) in [6.45, 7) is 1.77. The summed E-state index contributed by atoms with van der Waals surface area (Å²) < 4.78 is 18.1. The van der Waals surface area contributed by atoms with Crippen molar-refractivity contribution in [2.75, 3.05) is 7.11 Å². The molecule has 3 rings (SSSR count). The van der Waals surface area contributed by atoms with Crippen molar-refractivity contribution < 1.29 is 18.7 Å². The van der Waals surface area contributed by atoms with Gasteiger partial charge in [0.25, 0.3) is 0 Å². The molecule has 0 aliphatic rings. The number of nitrogens with one attached hydrogen (secondary N) is 2. The minimum Gasteiger partial charge on any atom is -0.497 e. The van der Waals surface area contributed by atoms with E-state index in [1.165, 1.54) is 24.3 Å². The third kappa shape index (κ3) is 4.65. The maximum absolute atomic E-state index is 12.9. The predicted molar refractivity (Wildman–Crippen MR) is 105 cm³/mol. The summed E-state index contributed by atoms with van der Waals surface area (Å²) in [4.78, 5) is 24.4. The summed E-state index contributed by atoms with van der Waals surface area (Å²) >= 11 is 0. The number of ether oxygens (including phenoxy) is 1. The molecule has 0 spiro atoms. The Morgan fingerprint density at radius 3 is 2.36 bits per heavy atom. The van der Waals surface area contributed by atoms with Gasteiger partial charge in [-0.2, -0.15) is 0 Å². The topological polar surface area (TPSA) is 67.4 Å². The van der Waals surface area contributed by atoms with Crippen LogP contribution in [-0.2, 0) is 16.0 Å². The van der Waals surface area contributed by atoms with Crippen molar-refractivity contribution in [3.8, 4) is 5.75 Å². The van der Waals surface area contributed by atoms with Gasteiger partial charge in [-0.25, -0.2) is 4.39 Å². The average molecular weight is 380 g/mol. The summed E-state index contributed by atoms with van der Waals surface area (Å²) in [6, 6.07) is 17.1. The fraction of sp³-hybridized carbons (Fsp3) is 0.182. The Kier molecular flexibility index (Phi) is 5.89. The van der Waals surface area contributed by atoms with Crippen molar-refractivity contribution in [1.29, 1.82) is 0 Å². The molecule has 3 aromatic rings. The first-order valence-electron chi connectivity index (χ1n) is 8.87.